The smallest absolute Gasteiger partial charge is 0.416 e. The number of benzene rings is 2. The number of primary amides is 1. The van der Waals surface area contributed by atoms with E-state index in [0.29, 0.717) is 12.1 Å². The molecular weight excluding hydrogens is 408 g/mol. The van der Waals surface area contributed by atoms with E-state index in [0.717, 1.165) is 0 Å². The summed E-state index contributed by atoms with van der Waals surface area (Å²) < 4.78 is 49.1. The van der Waals surface area contributed by atoms with Gasteiger partial charge in [-0.3, -0.25) is 4.79 Å². The summed E-state index contributed by atoms with van der Waals surface area (Å²) in [6, 6.07) is 7.20. The van der Waals surface area contributed by atoms with Gasteiger partial charge in [-0.15, -0.1) is 0 Å². The van der Waals surface area contributed by atoms with E-state index in [-0.39, 0.29) is 32.9 Å². The van der Waals surface area contributed by atoms with Gasteiger partial charge in [-0.05, 0) is 31.2 Å². The molecule has 0 aliphatic rings. The molecule has 27 heavy (non-hydrogen) atoms. The molecule has 2 rings (SSSR count). The van der Waals surface area contributed by atoms with E-state index in [1.165, 1.54) is 25.1 Å². The van der Waals surface area contributed by atoms with Crippen LogP contribution in [0.15, 0.2) is 30.3 Å². The summed E-state index contributed by atoms with van der Waals surface area (Å²) in [6.07, 6.45) is -5.64. The zero-order chi connectivity index (χ0) is 20.4. The monoisotopic (exact) mass is 418 g/mol. The largest absolute Gasteiger partial charge is 0.479 e. The quantitative estimate of drug-likeness (QED) is 0.745. The van der Waals surface area contributed by atoms with E-state index in [9.17, 15) is 18.0 Å². The molecule has 1 atom stereocenters. The van der Waals surface area contributed by atoms with Crippen LogP contribution >= 0.6 is 23.2 Å². The minimum absolute atomic E-state index is 0.000423. The summed E-state index contributed by atoms with van der Waals surface area (Å²) in [6.45, 7) is 1.39. The van der Waals surface area contributed by atoms with Crippen LogP contribution in [0.4, 0.5) is 13.2 Å². The predicted octanol–water partition coefficient (Wildman–Crippen LogP) is 4.93. The Hall–Kier alpha value is -2.63. The van der Waals surface area contributed by atoms with Crippen molar-refractivity contribution in [2.75, 3.05) is 0 Å². The average molecular weight is 419 g/mol. The number of hydrogen-bond acceptors (Lipinski definition) is 4. The number of alkyl halides is 3. The molecule has 0 aliphatic heterocycles. The van der Waals surface area contributed by atoms with E-state index in [4.69, 9.17) is 43.7 Å². The van der Waals surface area contributed by atoms with Gasteiger partial charge >= 0.3 is 6.18 Å². The topological polar surface area (TPSA) is 85.3 Å². The highest BCUT2D eigenvalue weighted by molar-refractivity contribution is 6.37. The Balaban J connectivity index is 2.38. The van der Waals surface area contributed by atoms with E-state index < -0.39 is 23.8 Å². The molecule has 0 saturated heterocycles. The second-order valence-electron chi connectivity index (χ2n) is 5.30. The lowest BCUT2D eigenvalue weighted by atomic mass is 10.2. The van der Waals surface area contributed by atoms with Crippen molar-refractivity contribution < 1.29 is 27.4 Å². The third-order valence-corrected chi connectivity index (χ3v) is 3.88. The van der Waals surface area contributed by atoms with Crippen LogP contribution in [0.3, 0.4) is 0 Å². The fourth-order valence-corrected chi connectivity index (χ4v) is 2.51. The summed E-state index contributed by atoms with van der Waals surface area (Å²) in [5, 5.41) is 8.40. The van der Waals surface area contributed by atoms with Gasteiger partial charge in [-0.2, -0.15) is 18.4 Å². The Morgan fingerprint density at radius 1 is 1.22 bits per heavy atom. The molecule has 0 radical (unpaired) electrons. The number of carbonyl (C=O) groups excluding carboxylic acids is 1. The van der Waals surface area contributed by atoms with Gasteiger partial charge in [0.1, 0.15) is 17.6 Å². The summed E-state index contributed by atoms with van der Waals surface area (Å²) in [5.74, 6) is -0.881. The molecule has 0 aromatic heterocycles. The first kappa shape index (κ1) is 20.7. The maximum Gasteiger partial charge on any atom is 0.416 e. The molecule has 1 unspecified atom stereocenters. The third kappa shape index (κ3) is 4.96. The number of rotatable bonds is 5. The van der Waals surface area contributed by atoms with Crippen LogP contribution < -0.4 is 15.2 Å². The molecule has 0 saturated carbocycles. The van der Waals surface area contributed by atoms with Gasteiger partial charge in [0.15, 0.2) is 11.9 Å². The molecule has 2 aromatic rings. The predicted molar refractivity (Wildman–Crippen MR) is 92.0 cm³/mol. The number of carbonyl (C=O) groups is 1. The number of hydrogen-bond donors (Lipinski definition) is 1. The lowest BCUT2D eigenvalue weighted by molar-refractivity contribution is -0.137. The van der Waals surface area contributed by atoms with Crippen molar-refractivity contribution in [1.82, 2.24) is 0 Å². The Morgan fingerprint density at radius 2 is 1.81 bits per heavy atom. The number of nitrogens with two attached hydrogens (primary N) is 1. The maximum absolute atomic E-state index is 12.8. The molecule has 0 fully saturated rings. The van der Waals surface area contributed by atoms with Crippen molar-refractivity contribution >= 4 is 29.1 Å². The van der Waals surface area contributed by atoms with Crippen molar-refractivity contribution in [2.45, 2.75) is 19.2 Å². The standard InChI is InChI=1S/C17H11Cl2F3N2O3/c1-8(16(24)25)26-14-6-11(3-2-9(14)7-23)27-15-12(18)4-10(5-13(15)19)17(20,21)22/h2-6,8H,1H3,(H2,24,25). The van der Waals surface area contributed by atoms with Crippen LogP contribution in [0.1, 0.15) is 18.1 Å². The van der Waals surface area contributed by atoms with Crippen molar-refractivity contribution in [3.8, 4) is 23.3 Å². The molecule has 10 heteroatoms. The normalized spacial score (nSPS) is 12.2. The number of amides is 1. The molecule has 142 valence electrons. The van der Waals surface area contributed by atoms with Gasteiger partial charge in [0.25, 0.3) is 5.91 Å². The SMILES string of the molecule is CC(Oc1cc(Oc2c(Cl)cc(C(F)(F)F)cc2Cl)ccc1C#N)C(N)=O. The first-order valence-electron chi connectivity index (χ1n) is 7.27. The van der Waals surface area contributed by atoms with E-state index in [2.05, 4.69) is 0 Å². The molecule has 2 aromatic carbocycles. The average Bonchev–Trinajstić information content (AvgIpc) is 2.57. The van der Waals surface area contributed by atoms with E-state index in [1.807, 2.05) is 6.07 Å². The van der Waals surface area contributed by atoms with Gasteiger partial charge in [-0.1, -0.05) is 23.2 Å². The van der Waals surface area contributed by atoms with Crippen molar-refractivity contribution in [3.63, 3.8) is 0 Å². The molecule has 0 bridgehead atoms. The van der Waals surface area contributed by atoms with Crippen LogP contribution in [0.5, 0.6) is 17.2 Å². The molecule has 5 nitrogen and oxygen atoms in total. The molecule has 0 heterocycles. The molecule has 1 amide bonds. The second-order valence-corrected chi connectivity index (χ2v) is 6.12. The molecule has 0 spiro atoms. The number of nitriles is 1. The van der Waals surface area contributed by atoms with Gasteiger partial charge < -0.3 is 15.2 Å². The lowest BCUT2D eigenvalue weighted by Crippen LogP contribution is -2.30. The Morgan fingerprint density at radius 3 is 2.30 bits per heavy atom. The minimum Gasteiger partial charge on any atom is -0.479 e. The van der Waals surface area contributed by atoms with Crippen molar-refractivity contribution in [2.24, 2.45) is 5.73 Å². The minimum atomic E-state index is -4.62. The number of ether oxygens (including phenoxy) is 2. The highest BCUT2D eigenvalue weighted by Gasteiger charge is 2.32. The fraction of sp³-hybridized carbons (Fsp3) is 0.176. The summed E-state index contributed by atoms with van der Waals surface area (Å²) in [7, 11) is 0. The van der Waals surface area contributed by atoms with Gasteiger partial charge in [0.2, 0.25) is 0 Å². The number of halogens is 5. The van der Waals surface area contributed by atoms with Gasteiger partial charge in [0.05, 0.1) is 21.2 Å². The number of nitrogens with zero attached hydrogens (tertiary/aromatic N) is 1. The summed E-state index contributed by atoms with van der Waals surface area (Å²) >= 11 is 11.7. The Labute approximate surface area is 162 Å². The second kappa shape index (κ2) is 7.94. The zero-order valence-corrected chi connectivity index (χ0v) is 15.1. The highest BCUT2D eigenvalue weighted by Crippen LogP contribution is 2.42. The lowest BCUT2D eigenvalue weighted by Gasteiger charge is -2.16. The van der Waals surface area contributed by atoms with Gasteiger partial charge in [-0.25, -0.2) is 0 Å². The molecule has 2 N–H and O–H groups in total. The van der Waals surface area contributed by atoms with Crippen LogP contribution in [-0.4, -0.2) is 12.0 Å². The Bertz CT molecular complexity index is 904. The van der Waals surface area contributed by atoms with Crippen molar-refractivity contribution in [3.05, 3.63) is 51.5 Å². The van der Waals surface area contributed by atoms with E-state index in [1.54, 1.807) is 0 Å². The molecular formula is C17H11Cl2F3N2O3. The van der Waals surface area contributed by atoms with Crippen LogP contribution in [-0.2, 0) is 11.0 Å². The first-order chi connectivity index (χ1) is 12.5. The summed E-state index contributed by atoms with van der Waals surface area (Å²) in [5.41, 5.74) is 4.19. The van der Waals surface area contributed by atoms with Crippen LogP contribution in [0.2, 0.25) is 10.0 Å². The Kier molecular flexibility index (Phi) is 6.08. The maximum atomic E-state index is 12.8. The highest BCUT2D eigenvalue weighted by atomic mass is 35.5. The van der Waals surface area contributed by atoms with Crippen molar-refractivity contribution in [1.29, 1.82) is 5.26 Å². The van der Waals surface area contributed by atoms with Gasteiger partial charge in [0, 0.05) is 6.07 Å². The fourth-order valence-electron chi connectivity index (χ4n) is 1.94. The first-order valence-corrected chi connectivity index (χ1v) is 8.02. The molecule has 0 aliphatic carbocycles. The zero-order valence-electron chi connectivity index (χ0n) is 13.6. The van der Waals surface area contributed by atoms with E-state index >= 15 is 0 Å². The van der Waals surface area contributed by atoms with Crippen LogP contribution in [0, 0.1) is 11.3 Å². The third-order valence-electron chi connectivity index (χ3n) is 3.32. The van der Waals surface area contributed by atoms with Crippen LogP contribution in [0.25, 0.3) is 0 Å². The summed E-state index contributed by atoms with van der Waals surface area (Å²) in [4.78, 5) is 11.1.